The van der Waals surface area contributed by atoms with Gasteiger partial charge in [0.25, 0.3) is 5.91 Å². The zero-order valence-electron chi connectivity index (χ0n) is 32.4. The fraction of sp³-hybridized carbons (Fsp3) is 0.390. The molecule has 304 valence electrons. The molecule has 0 radical (unpaired) electrons. The van der Waals surface area contributed by atoms with E-state index in [0.717, 1.165) is 31.2 Å². The average Bonchev–Trinajstić information content (AvgIpc) is 3.54. The van der Waals surface area contributed by atoms with Crippen LogP contribution in [0.3, 0.4) is 0 Å². The van der Waals surface area contributed by atoms with Crippen LogP contribution in [0.2, 0.25) is 0 Å². The van der Waals surface area contributed by atoms with Crippen molar-refractivity contribution in [2.45, 2.75) is 84.5 Å². The SMILES string of the molecule is CCN(c1ccccc1CNc1nc(-c2cc(F)c(OCc3ccccc3)cc2CC(F)(F)F)cc2c1c(C(=O)NC(C)(C)C)nn2C1CCCCO1)S(C)(=O)=O. The second-order valence-electron chi connectivity index (χ2n) is 15.0. The maximum atomic E-state index is 15.9. The van der Waals surface area contributed by atoms with Gasteiger partial charge in [-0.15, -0.1) is 0 Å². The van der Waals surface area contributed by atoms with Gasteiger partial charge in [-0.1, -0.05) is 48.5 Å². The molecule has 1 atom stereocenters. The van der Waals surface area contributed by atoms with Crippen LogP contribution in [0.4, 0.5) is 29.1 Å². The Morgan fingerprint density at radius 3 is 2.39 bits per heavy atom. The predicted octanol–water partition coefficient (Wildman–Crippen LogP) is 8.55. The van der Waals surface area contributed by atoms with Crippen molar-refractivity contribution in [3.05, 3.63) is 101 Å². The molecule has 0 saturated carbocycles. The Labute approximate surface area is 329 Å². The summed E-state index contributed by atoms with van der Waals surface area (Å²) in [5.74, 6) is -1.72. The van der Waals surface area contributed by atoms with Crippen molar-refractivity contribution < 1.29 is 40.2 Å². The molecule has 0 aliphatic carbocycles. The minimum Gasteiger partial charge on any atom is -0.486 e. The van der Waals surface area contributed by atoms with E-state index >= 15 is 4.39 Å². The summed E-state index contributed by atoms with van der Waals surface area (Å²) >= 11 is 0. The normalized spacial score (nSPS) is 15.1. The number of para-hydroxylation sites is 1. The van der Waals surface area contributed by atoms with E-state index in [1.54, 1.807) is 61.5 Å². The lowest BCUT2D eigenvalue weighted by Gasteiger charge is -2.24. The summed E-state index contributed by atoms with van der Waals surface area (Å²) < 4.78 is 98.7. The van der Waals surface area contributed by atoms with E-state index in [1.165, 1.54) is 15.1 Å². The van der Waals surface area contributed by atoms with Crippen molar-refractivity contribution >= 4 is 38.3 Å². The minimum atomic E-state index is -4.68. The molecule has 0 spiro atoms. The van der Waals surface area contributed by atoms with Gasteiger partial charge in [0.2, 0.25) is 10.0 Å². The number of rotatable bonds is 13. The predicted molar refractivity (Wildman–Crippen MR) is 211 cm³/mol. The Balaban J connectivity index is 1.56. The number of ether oxygens (including phenoxy) is 2. The van der Waals surface area contributed by atoms with E-state index < -0.39 is 46.1 Å². The summed E-state index contributed by atoms with van der Waals surface area (Å²) in [4.78, 5) is 18.7. The Hall–Kier alpha value is -5.22. The van der Waals surface area contributed by atoms with Gasteiger partial charge in [0.1, 0.15) is 12.4 Å². The second-order valence-corrected chi connectivity index (χ2v) is 16.9. The number of sulfonamides is 1. The van der Waals surface area contributed by atoms with Crippen LogP contribution in [0.5, 0.6) is 5.75 Å². The first kappa shape index (κ1) is 41.4. The number of halogens is 4. The zero-order valence-corrected chi connectivity index (χ0v) is 33.2. The Kier molecular flexibility index (Phi) is 12.1. The molecular weight excluding hydrogens is 765 g/mol. The van der Waals surface area contributed by atoms with Crippen LogP contribution in [-0.4, -0.2) is 60.2 Å². The first-order valence-electron chi connectivity index (χ1n) is 18.6. The molecule has 16 heteroatoms. The third-order valence-corrected chi connectivity index (χ3v) is 10.5. The van der Waals surface area contributed by atoms with E-state index in [1.807, 2.05) is 20.8 Å². The van der Waals surface area contributed by atoms with Gasteiger partial charge in [0, 0.05) is 30.8 Å². The van der Waals surface area contributed by atoms with Crippen molar-refractivity contribution in [2.75, 3.05) is 29.0 Å². The maximum absolute atomic E-state index is 15.9. The molecule has 1 fully saturated rings. The molecule has 6 rings (SSSR count). The summed E-state index contributed by atoms with van der Waals surface area (Å²) in [6.45, 7) is 7.63. The van der Waals surface area contributed by atoms with Crippen LogP contribution >= 0.6 is 0 Å². The van der Waals surface area contributed by atoms with Gasteiger partial charge >= 0.3 is 6.18 Å². The fourth-order valence-electron chi connectivity index (χ4n) is 6.83. The largest absolute Gasteiger partial charge is 0.486 e. The van der Waals surface area contributed by atoms with Gasteiger partial charge in [-0.05, 0) is 87.9 Å². The molecule has 1 aliphatic heterocycles. The summed E-state index contributed by atoms with van der Waals surface area (Å²) in [6.07, 6.45) is -3.45. The van der Waals surface area contributed by atoms with Crippen molar-refractivity contribution in [2.24, 2.45) is 0 Å². The zero-order chi connectivity index (χ0) is 41.1. The van der Waals surface area contributed by atoms with Gasteiger partial charge in [-0.25, -0.2) is 22.5 Å². The molecule has 3 aromatic carbocycles. The molecule has 1 amide bonds. The Morgan fingerprint density at radius 1 is 1.02 bits per heavy atom. The number of nitrogens with one attached hydrogen (secondary N) is 2. The third-order valence-electron chi connectivity index (χ3n) is 9.28. The number of nitrogens with zero attached hydrogens (tertiary/aromatic N) is 4. The van der Waals surface area contributed by atoms with Gasteiger partial charge in [-0.3, -0.25) is 9.10 Å². The summed E-state index contributed by atoms with van der Waals surface area (Å²) in [5.41, 5.74) is 0.831. The number of anilines is 2. The first-order chi connectivity index (χ1) is 26.9. The highest BCUT2D eigenvalue weighted by Gasteiger charge is 2.33. The molecule has 1 saturated heterocycles. The van der Waals surface area contributed by atoms with Crippen molar-refractivity contribution in [1.29, 1.82) is 0 Å². The Bertz CT molecular complexity index is 2340. The molecule has 1 aliphatic rings. The van der Waals surface area contributed by atoms with Gasteiger partial charge < -0.3 is 20.1 Å². The average molecular weight is 811 g/mol. The lowest BCUT2D eigenvalue weighted by atomic mass is 9.99. The fourth-order valence-corrected chi connectivity index (χ4v) is 7.83. The van der Waals surface area contributed by atoms with Crippen molar-refractivity contribution in [3.63, 3.8) is 0 Å². The number of hydrogen-bond acceptors (Lipinski definition) is 8. The number of hydrogen-bond donors (Lipinski definition) is 2. The monoisotopic (exact) mass is 810 g/mol. The molecule has 5 aromatic rings. The molecule has 11 nitrogen and oxygen atoms in total. The number of benzene rings is 3. The number of fused-ring (bicyclic) bond motifs is 1. The number of carbonyl (C=O) groups excluding carboxylic acids is 1. The van der Waals surface area contributed by atoms with Crippen LogP contribution < -0.4 is 19.7 Å². The number of amides is 1. The molecule has 1 unspecified atom stereocenters. The summed E-state index contributed by atoms with van der Waals surface area (Å²) in [7, 11) is -3.67. The van der Waals surface area contributed by atoms with Crippen LogP contribution in [-0.2, 0) is 34.3 Å². The van der Waals surface area contributed by atoms with Crippen LogP contribution in [0, 0.1) is 5.82 Å². The lowest BCUT2D eigenvalue weighted by molar-refractivity contribution is -0.127. The first-order valence-corrected chi connectivity index (χ1v) is 20.5. The van der Waals surface area contributed by atoms with Gasteiger partial charge in [-0.2, -0.15) is 18.3 Å². The van der Waals surface area contributed by atoms with Crippen LogP contribution in [0.25, 0.3) is 22.2 Å². The lowest BCUT2D eigenvalue weighted by Crippen LogP contribution is -2.41. The molecule has 0 bridgehead atoms. The highest BCUT2D eigenvalue weighted by molar-refractivity contribution is 7.92. The van der Waals surface area contributed by atoms with E-state index in [-0.39, 0.29) is 59.2 Å². The van der Waals surface area contributed by atoms with Gasteiger partial charge in [0.05, 0.1) is 35.0 Å². The second kappa shape index (κ2) is 16.7. The van der Waals surface area contributed by atoms with Crippen LogP contribution in [0.1, 0.15) is 80.4 Å². The third kappa shape index (κ3) is 10.0. The molecule has 2 aromatic heterocycles. The summed E-state index contributed by atoms with van der Waals surface area (Å²) in [5, 5.41) is 11.2. The number of pyridine rings is 1. The quantitative estimate of drug-likeness (QED) is 0.113. The highest BCUT2D eigenvalue weighted by Crippen LogP contribution is 2.39. The van der Waals surface area contributed by atoms with Crippen LogP contribution in [0.15, 0.2) is 72.8 Å². The standard InChI is InChI=1S/C41H46F4N6O5S/c1-6-50(57(5,53)54)32-17-11-10-16-27(32)24-46-38-36-33(51(35-18-12-13-19-55-35)49-37(36)39(52)48-40(2,3)4)22-31(47-38)29-21-30(42)34(20-28(29)23-41(43,44)45)56-25-26-14-8-7-9-15-26/h7-11,14-17,20-22,35H,6,12-13,18-19,23-25H2,1-5H3,(H,46,47)(H,48,52). The number of alkyl halides is 3. The number of aromatic nitrogens is 3. The van der Waals surface area contributed by atoms with E-state index in [0.29, 0.717) is 35.4 Å². The van der Waals surface area contributed by atoms with E-state index in [4.69, 9.17) is 19.6 Å². The molecule has 57 heavy (non-hydrogen) atoms. The smallest absolute Gasteiger partial charge is 0.393 e. The maximum Gasteiger partial charge on any atom is 0.393 e. The van der Waals surface area contributed by atoms with Crippen molar-refractivity contribution in [1.82, 2.24) is 20.1 Å². The topological polar surface area (TPSA) is 128 Å². The molecule has 3 heterocycles. The number of carbonyl (C=O) groups is 1. The Morgan fingerprint density at radius 2 is 1.74 bits per heavy atom. The minimum absolute atomic E-state index is 0.0124. The van der Waals surface area contributed by atoms with E-state index in [9.17, 15) is 26.4 Å². The summed E-state index contributed by atoms with van der Waals surface area (Å²) in [6, 6.07) is 19.2. The molecular formula is C41H46F4N6O5S. The van der Waals surface area contributed by atoms with E-state index in [2.05, 4.69) is 10.6 Å². The molecule has 2 N–H and O–H groups in total. The van der Waals surface area contributed by atoms with Gasteiger partial charge in [0.15, 0.2) is 23.5 Å². The highest BCUT2D eigenvalue weighted by atomic mass is 32.2. The van der Waals surface area contributed by atoms with Crippen molar-refractivity contribution in [3.8, 4) is 17.0 Å².